The third-order valence-electron chi connectivity index (χ3n) is 3.35. The van der Waals surface area contributed by atoms with Crippen molar-refractivity contribution in [3.05, 3.63) is 0 Å². The quantitative estimate of drug-likeness (QED) is 0.406. The Balaban J connectivity index is 2.20. The molecule has 1 saturated heterocycles. The molecular weight excluding hydrogens is 226 g/mol. The average molecular weight is 250 g/mol. The predicted molar refractivity (Wildman–Crippen MR) is 64.7 cm³/mol. The number of nitrogens with zero attached hydrogens (tertiary/aromatic N) is 1. The predicted octanol–water partition coefficient (Wildman–Crippen LogP) is 1.37. The van der Waals surface area contributed by atoms with Crippen molar-refractivity contribution in [1.82, 2.24) is 0 Å². The van der Waals surface area contributed by atoms with Gasteiger partial charge in [0.15, 0.2) is 0 Å². The van der Waals surface area contributed by atoms with E-state index in [0.717, 1.165) is 17.4 Å². The highest BCUT2D eigenvalue weighted by Gasteiger charge is 2.24. The minimum atomic E-state index is -3.25. The Bertz CT molecular complexity index is 294. The topological polar surface area (TPSA) is 43.4 Å². The van der Waals surface area contributed by atoms with Crippen molar-refractivity contribution in [1.29, 1.82) is 0 Å². The van der Waals surface area contributed by atoms with Crippen molar-refractivity contribution in [3.63, 3.8) is 0 Å². The molecule has 5 heteroatoms. The molecule has 1 rings (SSSR count). The third-order valence-corrected chi connectivity index (χ3v) is 4.59. The molecule has 0 aliphatic carbocycles. The molecule has 1 heterocycles. The van der Waals surface area contributed by atoms with Crippen molar-refractivity contribution in [3.8, 4) is 0 Å². The lowest BCUT2D eigenvalue weighted by Gasteiger charge is -2.37. The fraction of sp³-hybridized carbons (Fsp3) is 1.00. The molecule has 1 aliphatic rings. The summed E-state index contributed by atoms with van der Waals surface area (Å²) < 4.78 is 28.2. The Morgan fingerprint density at radius 1 is 1.19 bits per heavy atom. The lowest BCUT2D eigenvalue weighted by Crippen LogP contribution is -2.48. The highest BCUT2D eigenvalue weighted by Crippen LogP contribution is 2.16. The summed E-state index contributed by atoms with van der Waals surface area (Å²) in [5.74, 6) is 0.0686. The summed E-state index contributed by atoms with van der Waals surface area (Å²) >= 11 is 0. The molecule has 4 nitrogen and oxygen atoms in total. The van der Waals surface area contributed by atoms with Gasteiger partial charge in [-0.3, -0.25) is 4.18 Å². The molecule has 0 radical (unpaired) electrons. The van der Waals surface area contributed by atoms with E-state index in [-0.39, 0.29) is 5.75 Å². The Morgan fingerprint density at radius 2 is 1.81 bits per heavy atom. The maximum Gasteiger partial charge on any atom is 0.267 e. The second kappa shape index (κ2) is 5.98. The molecule has 0 amide bonds. The van der Waals surface area contributed by atoms with Crippen LogP contribution >= 0.6 is 0 Å². The number of hydrogen-bond donors (Lipinski definition) is 0. The molecule has 0 aromatic rings. The number of rotatable bonds is 6. The van der Waals surface area contributed by atoms with Crippen LogP contribution in [0, 0.1) is 0 Å². The largest absolute Gasteiger partial charge is 0.326 e. The number of likely N-dealkylation sites (tertiary alicyclic amines) is 1. The molecule has 0 unspecified atom stereocenters. The standard InChI is InChI=1S/C11H24NO3S/c1-3-16(13,14)15-11-7-10-12(2)8-5-4-6-9-12/h3-11H2,1-2H3/q+1. The van der Waals surface area contributed by atoms with Crippen LogP contribution < -0.4 is 0 Å². The normalized spacial score (nSPS) is 20.9. The molecule has 16 heavy (non-hydrogen) atoms. The van der Waals surface area contributed by atoms with E-state index in [1.165, 1.54) is 32.4 Å². The molecule has 0 spiro atoms. The maximum atomic E-state index is 11.1. The molecule has 1 fully saturated rings. The van der Waals surface area contributed by atoms with Gasteiger partial charge in [0.05, 0.1) is 39.0 Å². The lowest BCUT2D eigenvalue weighted by atomic mass is 10.1. The minimum Gasteiger partial charge on any atom is -0.326 e. The monoisotopic (exact) mass is 250 g/mol. The average Bonchev–Trinajstić information content (AvgIpc) is 2.26. The van der Waals surface area contributed by atoms with E-state index in [1.807, 2.05) is 0 Å². The molecule has 0 aromatic carbocycles. The fourth-order valence-corrected chi connectivity index (χ4v) is 2.75. The van der Waals surface area contributed by atoms with Crippen molar-refractivity contribution in [2.45, 2.75) is 32.6 Å². The van der Waals surface area contributed by atoms with Crippen LogP contribution in [0.25, 0.3) is 0 Å². The van der Waals surface area contributed by atoms with Crippen LogP contribution in [0.15, 0.2) is 0 Å². The molecule has 0 N–H and O–H groups in total. The van der Waals surface area contributed by atoms with Crippen LogP contribution in [0.4, 0.5) is 0 Å². The number of piperidine rings is 1. The Labute approximate surface area is 99.3 Å². The molecule has 0 saturated carbocycles. The summed E-state index contributed by atoms with van der Waals surface area (Å²) in [5, 5.41) is 0. The van der Waals surface area contributed by atoms with E-state index in [0.29, 0.717) is 6.61 Å². The van der Waals surface area contributed by atoms with Gasteiger partial charge >= 0.3 is 0 Å². The highest BCUT2D eigenvalue weighted by molar-refractivity contribution is 7.86. The van der Waals surface area contributed by atoms with E-state index in [1.54, 1.807) is 6.92 Å². The van der Waals surface area contributed by atoms with Gasteiger partial charge in [0.1, 0.15) is 0 Å². The first-order valence-electron chi connectivity index (χ1n) is 6.18. The van der Waals surface area contributed by atoms with Crippen LogP contribution in [-0.4, -0.2) is 51.9 Å². The zero-order valence-corrected chi connectivity index (χ0v) is 11.3. The molecule has 0 atom stereocenters. The van der Waals surface area contributed by atoms with Gasteiger partial charge < -0.3 is 4.48 Å². The van der Waals surface area contributed by atoms with Crippen LogP contribution in [-0.2, 0) is 14.3 Å². The van der Waals surface area contributed by atoms with Gasteiger partial charge in [-0.25, -0.2) is 0 Å². The summed E-state index contributed by atoms with van der Waals surface area (Å²) in [7, 11) is -0.992. The molecule has 96 valence electrons. The first-order valence-corrected chi connectivity index (χ1v) is 7.76. The number of hydrogen-bond acceptors (Lipinski definition) is 3. The zero-order chi connectivity index (χ0) is 12.1. The van der Waals surface area contributed by atoms with E-state index in [2.05, 4.69) is 7.05 Å². The Morgan fingerprint density at radius 3 is 2.38 bits per heavy atom. The van der Waals surface area contributed by atoms with Gasteiger partial charge in [-0.1, -0.05) is 0 Å². The van der Waals surface area contributed by atoms with Gasteiger partial charge in [-0.15, -0.1) is 0 Å². The van der Waals surface area contributed by atoms with E-state index >= 15 is 0 Å². The first kappa shape index (κ1) is 13.9. The second-order valence-electron chi connectivity index (χ2n) is 4.87. The lowest BCUT2D eigenvalue weighted by molar-refractivity contribution is -0.914. The van der Waals surface area contributed by atoms with E-state index < -0.39 is 10.1 Å². The Kier molecular flexibility index (Phi) is 5.21. The SMILES string of the molecule is CCS(=O)(=O)OCCC[N+]1(C)CCCCC1. The first-order chi connectivity index (χ1) is 7.47. The summed E-state index contributed by atoms with van der Waals surface area (Å²) in [4.78, 5) is 0. The highest BCUT2D eigenvalue weighted by atomic mass is 32.2. The van der Waals surface area contributed by atoms with Crippen molar-refractivity contribution >= 4 is 10.1 Å². The van der Waals surface area contributed by atoms with Crippen molar-refractivity contribution in [2.24, 2.45) is 0 Å². The van der Waals surface area contributed by atoms with Gasteiger partial charge in [0.2, 0.25) is 0 Å². The minimum absolute atomic E-state index is 0.0686. The number of quaternary nitrogens is 1. The van der Waals surface area contributed by atoms with Crippen LogP contribution in [0.2, 0.25) is 0 Å². The molecular formula is C11H24NO3S+. The zero-order valence-electron chi connectivity index (χ0n) is 10.4. The summed E-state index contributed by atoms with van der Waals surface area (Å²) in [6.45, 7) is 5.41. The van der Waals surface area contributed by atoms with Crippen molar-refractivity contribution in [2.75, 3.05) is 39.0 Å². The molecule has 0 aromatic heterocycles. The summed E-state index contributed by atoms with van der Waals surface area (Å²) in [6.07, 6.45) is 4.76. The van der Waals surface area contributed by atoms with Gasteiger partial charge in [-0.2, -0.15) is 8.42 Å². The molecule has 0 bridgehead atoms. The van der Waals surface area contributed by atoms with E-state index in [4.69, 9.17) is 4.18 Å². The summed E-state index contributed by atoms with van der Waals surface area (Å²) in [6, 6.07) is 0. The molecule has 1 aliphatic heterocycles. The van der Waals surface area contributed by atoms with Crippen LogP contribution in [0.1, 0.15) is 32.6 Å². The maximum absolute atomic E-state index is 11.1. The van der Waals surface area contributed by atoms with E-state index in [9.17, 15) is 8.42 Å². The van der Waals surface area contributed by atoms with Crippen LogP contribution in [0.5, 0.6) is 0 Å². The second-order valence-corrected chi connectivity index (χ2v) is 6.80. The summed E-state index contributed by atoms with van der Waals surface area (Å²) in [5.41, 5.74) is 0. The van der Waals surface area contributed by atoms with Gasteiger partial charge in [0, 0.05) is 6.42 Å². The fourth-order valence-electron chi connectivity index (χ4n) is 2.21. The van der Waals surface area contributed by atoms with Crippen LogP contribution in [0.3, 0.4) is 0 Å². The Hall–Kier alpha value is -0.130. The van der Waals surface area contributed by atoms with Gasteiger partial charge in [0.25, 0.3) is 10.1 Å². The third kappa shape index (κ3) is 4.80. The van der Waals surface area contributed by atoms with Gasteiger partial charge in [-0.05, 0) is 26.2 Å². The smallest absolute Gasteiger partial charge is 0.267 e. The van der Waals surface area contributed by atoms with Crippen molar-refractivity contribution < 1.29 is 17.1 Å².